The highest BCUT2D eigenvalue weighted by atomic mass is 19.2. The number of nitrogens with zero attached hydrogens (tertiary/aromatic N) is 5. The van der Waals surface area contributed by atoms with Crippen molar-refractivity contribution in [3.05, 3.63) is 126 Å². The van der Waals surface area contributed by atoms with E-state index in [0.717, 1.165) is 16.7 Å². The molecule has 0 radical (unpaired) electrons. The number of rotatable bonds is 36. The molecule has 1 aliphatic heterocycles. The Morgan fingerprint density at radius 2 is 1.44 bits per heavy atom. The first-order chi connectivity index (χ1) is 42.5. The molecule has 468 valence electrons. The molecule has 7 rings (SSSR count). The minimum absolute atomic E-state index is 0.0124. The van der Waals surface area contributed by atoms with Crippen LogP contribution in [0.2, 0.25) is 0 Å². The van der Waals surface area contributed by atoms with Gasteiger partial charge in [-0.25, -0.2) is 33.3 Å². The number of imide groups is 1. The maximum Gasteiger partial charge on any atom is 0.407 e. The molecule has 0 saturated heterocycles. The molecule has 88 heavy (non-hydrogen) atoms. The van der Waals surface area contributed by atoms with Crippen molar-refractivity contribution in [2.75, 3.05) is 89.7 Å². The quantitative estimate of drug-likeness (QED) is 0.0190. The summed E-state index contributed by atoms with van der Waals surface area (Å²) in [5.74, 6) is -4.03. The summed E-state index contributed by atoms with van der Waals surface area (Å²) in [6, 6.07) is 18.5. The van der Waals surface area contributed by atoms with E-state index in [9.17, 15) is 42.3 Å². The number of hydrogen-bond acceptors (Lipinski definition) is 18. The van der Waals surface area contributed by atoms with Crippen molar-refractivity contribution in [2.45, 2.75) is 65.3 Å². The van der Waals surface area contributed by atoms with E-state index in [2.05, 4.69) is 51.8 Å². The average molecular weight is 1220 g/mol. The molecule has 0 aliphatic carbocycles. The SMILES string of the molecule is Cc1cccc(-c2nc(CNc3cccc(F)c3F)[nH]c2-c2ccc3ncc(OCCNC(=O)OCc4ccc(NC(=O)C(CCCNC(N)=O)NC(=O)C(NC(=O)CCOCCOCCOCCOCCN5C(=O)C=CC5=O)C(C)C)cc4)nc3c2)n1. The number of nitrogens with one attached hydrogen (secondary N) is 7. The lowest BCUT2D eigenvalue weighted by molar-refractivity contribution is -0.137. The predicted octanol–water partition coefficient (Wildman–Crippen LogP) is 4.98. The fourth-order valence-electron chi connectivity index (χ4n) is 8.60. The monoisotopic (exact) mass is 1220 g/mol. The maximum absolute atomic E-state index is 14.4. The number of alkyl carbamates (subject to hydrolysis) is 1. The van der Waals surface area contributed by atoms with Crippen LogP contribution in [0.3, 0.4) is 0 Å². The van der Waals surface area contributed by atoms with Gasteiger partial charge in [-0.05, 0) is 79.8 Å². The number of imidazole rings is 1. The number of benzene rings is 3. The molecule has 1 aliphatic rings. The molecular weight excluding hydrogens is 1150 g/mol. The van der Waals surface area contributed by atoms with Crippen molar-refractivity contribution < 1.29 is 70.8 Å². The molecule has 0 saturated carbocycles. The number of primary amides is 1. The van der Waals surface area contributed by atoms with Crippen molar-refractivity contribution in [1.29, 1.82) is 0 Å². The van der Waals surface area contributed by atoms with Crippen LogP contribution in [-0.2, 0) is 60.8 Å². The number of aromatic amines is 1. The summed E-state index contributed by atoms with van der Waals surface area (Å²) in [6.45, 7) is 7.58. The van der Waals surface area contributed by atoms with Crippen LogP contribution >= 0.6 is 0 Å². The molecule has 4 heterocycles. The average Bonchev–Trinajstić information content (AvgIpc) is 2.00. The summed E-state index contributed by atoms with van der Waals surface area (Å²) in [5.41, 5.74) is 10.5. The van der Waals surface area contributed by atoms with Crippen LogP contribution in [0.5, 0.6) is 5.88 Å². The van der Waals surface area contributed by atoms with Gasteiger partial charge in [0.05, 0.1) is 107 Å². The number of nitrogens with two attached hydrogens (primary N) is 1. The van der Waals surface area contributed by atoms with E-state index in [-0.39, 0.29) is 121 Å². The van der Waals surface area contributed by atoms with Crippen LogP contribution < -0.4 is 42.4 Å². The van der Waals surface area contributed by atoms with Gasteiger partial charge in [0.25, 0.3) is 11.8 Å². The number of ether oxygens (including phenoxy) is 6. The van der Waals surface area contributed by atoms with Crippen LogP contribution in [0, 0.1) is 24.5 Å². The standard InChI is InChI=1S/C60H71F2N13O13/c1-37(2)54(74-49(76)20-24-83-27-29-85-31-32-86-30-28-84-26-23-75-51(77)18-19-52(75)78)58(80)71-46(11-6-21-64-59(63)81)57(79)69-41-15-12-39(13-16-41)36-88-60(82)65-22-25-87-50-35-67-43-17-14-40(33-47(43)70-50)55-56(45-10-4-7-38(3)68-45)73-48(72-55)34-66-44-9-5-8-42(61)53(44)62/h4-5,7-10,12-19,33,35,37,46,54,66H,6,11,20-32,34,36H2,1-3H3,(H,65,82)(H,69,79)(H,71,80)(H,72,73)(H,74,76)(H3,63,64,81). The first kappa shape index (κ1) is 66.0. The number of anilines is 2. The molecule has 2 unspecified atom stereocenters. The Kier molecular flexibility index (Phi) is 25.5. The van der Waals surface area contributed by atoms with Gasteiger partial charge in [-0.2, -0.15) is 0 Å². The molecule has 0 bridgehead atoms. The summed E-state index contributed by atoms with van der Waals surface area (Å²) < 4.78 is 61.4. The van der Waals surface area contributed by atoms with Gasteiger partial charge in [0.2, 0.25) is 23.6 Å². The fraction of sp³-hybridized carbons (Fsp3) is 0.383. The second-order valence-corrected chi connectivity index (χ2v) is 20.1. The van der Waals surface area contributed by atoms with E-state index in [1.54, 1.807) is 50.2 Å². The van der Waals surface area contributed by atoms with E-state index in [0.29, 0.717) is 70.6 Å². The number of aryl methyl sites for hydroxylation is 1. The van der Waals surface area contributed by atoms with Gasteiger partial charge in [-0.3, -0.25) is 33.9 Å². The summed E-state index contributed by atoms with van der Waals surface area (Å²) in [5, 5.41) is 16.2. The Morgan fingerprint density at radius 3 is 2.15 bits per heavy atom. The van der Waals surface area contributed by atoms with Gasteiger partial charge >= 0.3 is 12.1 Å². The van der Waals surface area contributed by atoms with Crippen molar-refractivity contribution in [3.63, 3.8) is 0 Å². The molecule has 6 aromatic rings. The Morgan fingerprint density at radius 1 is 0.739 bits per heavy atom. The third-order valence-electron chi connectivity index (χ3n) is 13.1. The second kappa shape index (κ2) is 34.0. The number of hydrogen-bond donors (Lipinski definition) is 8. The van der Waals surface area contributed by atoms with Gasteiger partial charge < -0.3 is 71.0 Å². The topological polar surface area (TPSA) is 344 Å². The molecular formula is C60H71F2N13O13. The normalized spacial score (nSPS) is 12.7. The lowest BCUT2D eigenvalue weighted by Gasteiger charge is -2.25. The summed E-state index contributed by atoms with van der Waals surface area (Å²) in [6.07, 6.45) is 3.51. The first-order valence-electron chi connectivity index (χ1n) is 28.4. The molecule has 9 N–H and O–H groups in total. The molecule has 28 heteroatoms. The van der Waals surface area contributed by atoms with Crippen LogP contribution in [0.4, 0.5) is 29.7 Å². The fourth-order valence-corrected chi connectivity index (χ4v) is 8.60. The predicted molar refractivity (Wildman–Crippen MR) is 317 cm³/mol. The minimum atomic E-state index is -1.08. The zero-order valence-corrected chi connectivity index (χ0v) is 48.9. The highest BCUT2D eigenvalue weighted by Gasteiger charge is 2.29. The van der Waals surface area contributed by atoms with E-state index in [1.165, 1.54) is 30.5 Å². The lowest BCUT2D eigenvalue weighted by atomic mass is 10.0. The van der Waals surface area contributed by atoms with Crippen LogP contribution in [0.1, 0.15) is 50.2 Å². The summed E-state index contributed by atoms with van der Waals surface area (Å²) >= 11 is 0. The van der Waals surface area contributed by atoms with Gasteiger partial charge in [0.15, 0.2) is 11.6 Å². The highest BCUT2D eigenvalue weighted by molar-refractivity contribution is 6.12. The number of aromatic nitrogens is 5. The first-order valence-corrected chi connectivity index (χ1v) is 28.4. The second-order valence-electron chi connectivity index (χ2n) is 20.1. The number of fused-ring (bicyclic) bond motifs is 1. The third-order valence-corrected chi connectivity index (χ3v) is 13.1. The number of carbonyl (C=O) groups is 7. The summed E-state index contributed by atoms with van der Waals surface area (Å²) in [7, 11) is 0. The minimum Gasteiger partial charge on any atom is -0.475 e. The molecule has 0 fully saturated rings. The number of H-pyrrole nitrogens is 1. The number of carbonyl (C=O) groups excluding carboxylic acids is 7. The van der Waals surface area contributed by atoms with E-state index < -0.39 is 53.6 Å². The Hall–Kier alpha value is -9.51. The zero-order chi connectivity index (χ0) is 62.8. The zero-order valence-electron chi connectivity index (χ0n) is 48.9. The van der Waals surface area contributed by atoms with Crippen molar-refractivity contribution in [3.8, 4) is 28.5 Å². The molecule has 8 amide bonds. The Labute approximate surface area is 505 Å². The Balaban J connectivity index is 0.809. The maximum atomic E-state index is 14.4. The summed E-state index contributed by atoms with van der Waals surface area (Å²) in [4.78, 5) is 110. The van der Waals surface area contributed by atoms with Crippen molar-refractivity contribution >= 4 is 64.1 Å². The third kappa shape index (κ3) is 20.9. The van der Waals surface area contributed by atoms with Crippen molar-refractivity contribution in [2.24, 2.45) is 11.7 Å². The van der Waals surface area contributed by atoms with Gasteiger partial charge in [-0.15, -0.1) is 0 Å². The smallest absolute Gasteiger partial charge is 0.407 e. The number of urea groups is 1. The van der Waals surface area contributed by atoms with Crippen LogP contribution in [0.15, 0.2) is 97.2 Å². The molecule has 2 atom stereocenters. The molecule has 3 aromatic carbocycles. The number of halogens is 2. The largest absolute Gasteiger partial charge is 0.475 e. The van der Waals surface area contributed by atoms with E-state index in [4.69, 9.17) is 39.1 Å². The van der Waals surface area contributed by atoms with E-state index in [1.807, 2.05) is 31.2 Å². The lowest BCUT2D eigenvalue weighted by Crippen LogP contribution is -2.54. The van der Waals surface area contributed by atoms with Crippen LogP contribution in [0.25, 0.3) is 33.7 Å². The molecule has 0 spiro atoms. The van der Waals surface area contributed by atoms with Crippen molar-refractivity contribution in [1.82, 2.24) is 51.1 Å². The molecule has 3 aromatic heterocycles. The van der Waals surface area contributed by atoms with Gasteiger partial charge in [-0.1, -0.05) is 44.2 Å². The Bertz CT molecular complexity index is 3370. The number of amides is 8. The van der Waals surface area contributed by atoms with E-state index >= 15 is 0 Å². The van der Waals surface area contributed by atoms with Gasteiger partial charge in [0.1, 0.15) is 36.8 Å². The number of pyridine rings is 1. The van der Waals surface area contributed by atoms with Gasteiger partial charge in [0, 0.05) is 42.1 Å². The molecule has 26 nitrogen and oxygen atoms in total. The highest BCUT2D eigenvalue weighted by Crippen LogP contribution is 2.32. The van der Waals surface area contributed by atoms with Crippen LogP contribution in [-0.4, -0.2) is 163 Å².